The van der Waals surface area contributed by atoms with Crippen LogP contribution in [0.3, 0.4) is 0 Å². The fourth-order valence-corrected chi connectivity index (χ4v) is 5.08. The minimum atomic E-state index is -4.15. The summed E-state index contributed by atoms with van der Waals surface area (Å²) in [7, 11) is -2.83. The number of hydrogen-bond donors (Lipinski definition) is 2. The van der Waals surface area contributed by atoms with E-state index in [1.54, 1.807) is 11.8 Å². The number of esters is 1. The molecule has 2 aromatic rings. The average Bonchev–Trinajstić information content (AvgIpc) is 2.79. The number of carboxylic acids is 1. The number of pyridine rings is 1. The van der Waals surface area contributed by atoms with Crippen molar-refractivity contribution >= 4 is 45.1 Å². The Morgan fingerprint density at radius 2 is 2.09 bits per heavy atom. The molecule has 10 nitrogen and oxygen atoms in total. The summed E-state index contributed by atoms with van der Waals surface area (Å²) in [5, 5.41) is 9.93. The second-order valence-corrected chi connectivity index (χ2v) is 9.43. The summed E-state index contributed by atoms with van der Waals surface area (Å²) in [5.41, 5.74) is -0.241. The fraction of sp³-hybridized carbons (Fsp3) is 0.381. The highest BCUT2D eigenvalue weighted by atomic mass is 35.5. The van der Waals surface area contributed by atoms with Gasteiger partial charge in [0.25, 0.3) is 10.0 Å². The highest BCUT2D eigenvalue weighted by molar-refractivity contribution is 7.92. The summed E-state index contributed by atoms with van der Waals surface area (Å²) in [4.78, 5) is 29.8. The van der Waals surface area contributed by atoms with Gasteiger partial charge >= 0.3 is 11.9 Å². The summed E-state index contributed by atoms with van der Waals surface area (Å²) in [6.07, 6.45) is 2.52. The lowest BCUT2D eigenvalue weighted by Crippen LogP contribution is -2.40. The molecule has 33 heavy (non-hydrogen) atoms. The van der Waals surface area contributed by atoms with E-state index in [1.807, 2.05) is 0 Å². The van der Waals surface area contributed by atoms with Gasteiger partial charge < -0.3 is 19.5 Å². The Kier molecular flexibility index (Phi) is 7.65. The van der Waals surface area contributed by atoms with Crippen LogP contribution in [0.1, 0.15) is 30.1 Å². The van der Waals surface area contributed by atoms with Crippen molar-refractivity contribution in [1.29, 1.82) is 0 Å². The Morgan fingerprint density at radius 3 is 2.76 bits per heavy atom. The predicted molar refractivity (Wildman–Crippen MR) is 122 cm³/mol. The smallest absolute Gasteiger partial charge is 0.339 e. The number of sulfonamides is 1. The molecule has 178 valence electrons. The largest absolute Gasteiger partial charge is 0.495 e. The number of nitrogens with one attached hydrogen (secondary N) is 1. The van der Waals surface area contributed by atoms with E-state index in [0.29, 0.717) is 19.4 Å². The second kappa shape index (κ2) is 10.3. The molecule has 1 fully saturated rings. The van der Waals surface area contributed by atoms with E-state index in [4.69, 9.17) is 21.1 Å². The summed E-state index contributed by atoms with van der Waals surface area (Å²) in [6, 6.07) is 5.32. The summed E-state index contributed by atoms with van der Waals surface area (Å²) in [5.74, 6) is -1.78. The molecule has 0 bridgehead atoms. The number of ether oxygens (including phenoxy) is 2. The van der Waals surface area contributed by atoms with Gasteiger partial charge in [-0.1, -0.05) is 11.6 Å². The minimum Gasteiger partial charge on any atom is -0.495 e. The van der Waals surface area contributed by atoms with Crippen LogP contribution in [0.2, 0.25) is 5.02 Å². The van der Waals surface area contributed by atoms with Crippen LogP contribution in [-0.2, 0) is 19.6 Å². The molecule has 0 radical (unpaired) electrons. The van der Waals surface area contributed by atoms with Crippen LogP contribution in [0.15, 0.2) is 35.4 Å². The number of aromatic carboxylic acids is 1. The third-order valence-electron chi connectivity index (χ3n) is 5.11. The van der Waals surface area contributed by atoms with Gasteiger partial charge in [0.1, 0.15) is 22.0 Å². The maximum Gasteiger partial charge on any atom is 0.339 e. The van der Waals surface area contributed by atoms with E-state index in [1.165, 1.54) is 37.6 Å². The molecule has 1 aromatic heterocycles. The van der Waals surface area contributed by atoms with Crippen LogP contribution in [0, 0.1) is 5.92 Å². The number of carbonyl (C=O) groups excluding carboxylic acids is 1. The zero-order valence-electron chi connectivity index (χ0n) is 18.1. The monoisotopic (exact) mass is 497 g/mol. The molecule has 3 rings (SSSR count). The maximum atomic E-state index is 12.9. The van der Waals surface area contributed by atoms with Crippen LogP contribution in [0.4, 0.5) is 11.5 Å². The molecule has 2 N–H and O–H groups in total. The van der Waals surface area contributed by atoms with Crippen LogP contribution >= 0.6 is 11.6 Å². The van der Waals surface area contributed by atoms with Crippen molar-refractivity contribution in [3.63, 3.8) is 0 Å². The molecular weight excluding hydrogens is 474 g/mol. The van der Waals surface area contributed by atoms with Gasteiger partial charge in [-0.05, 0) is 44.0 Å². The minimum absolute atomic E-state index is 0.0443. The highest BCUT2D eigenvalue weighted by Crippen LogP contribution is 2.31. The van der Waals surface area contributed by atoms with Gasteiger partial charge in [0, 0.05) is 18.1 Å². The van der Waals surface area contributed by atoms with E-state index in [-0.39, 0.29) is 51.9 Å². The Bertz CT molecular complexity index is 1160. The third kappa shape index (κ3) is 5.66. The number of aromatic nitrogens is 1. The lowest BCUT2D eigenvalue weighted by molar-refractivity contribution is -0.148. The lowest BCUT2D eigenvalue weighted by atomic mass is 9.98. The molecule has 0 aliphatic carbocycles. The van der Waals surface area contributed by atoms with Gasteiger partial charge in [0.05, 0.1) is 31.5 Å². The van der Waals surface area contributed by atoms with Crippen molar-refractivity contribution in [3.05, 3.63) is 41.0 Å². The van der Waals surface area contributed by atoms with E-state index in [2.05, 4.69) is 9.71 Å². The van der Waals surface area contributed by atoms with Gasteiger partial charge in [-0.15, -0.1) is 0 Å². The zero-order chi connectivity index (χ0) is 24.2. The average molecular weight is 498 g/mol. The summed E-state index contributed by atoms with van der Waals surface area (Å²) in [6.45, 7) is 2.76. The molecule has 1 unspecified atom stereocenters. The molecule has 1 aliphatic rings. The Hall–Kier alpha value is -3.05. The van der Waals surface area contributed by atoms with E-state index in [0.717, 1.165) is 0 Å². The Morgan fingerprint density at radius 1 is 1.33 bits per heavy atom. The van der Waals surface area contributed by atoms with Gasteiger partial charge in [-0.25, -0.2) is 18.2 Å². The first kappa shape index (κ1) is 24.6. The second-order valence-electron chi connectivity index (χ2n) is 7.34. The van der Waals surface area contributed by atoms with E-state index < -0.39 is 21.9 Å². The van der Waals surface area contributed by atoms with Gasteiger partial charge in [0.15, 0.2) is 0 Å². The molecule has 1 aliphatic heterocycles. The molecule has 1 aromatic carbocycles. The zero-order valence-corrected chi connectivity index (χ0v) is 19.6. The Labute approximate surface area is 196 Å². The molecule has 0 saturated carbocycles. The molecule has 12 heteroatoms. The van der Waals surface area contributed by atoms with Crippen molar-refractivity contribution in [2.75, 3.05) is 36.4 Å². The predicted octanol–water partition coefficient (Wildman–Crippen LogP) is 3.02. The van der Waals surface area contributed by atoms with E-state index >= 15 is 0 Å². The van der Waals surface area contributed by atoms with Crippen molar-refractivity contribution in [3.8, 4) is 5.75 Å². The van der Waals surface area contributed by atoms with Crippen molar-refractivity contribution < 1.29 is 32.6 Å². The molecule has 1 saturated heterocycles. The quantitative estimate of drug-likeness (QED) is 0.527. The number of carboxylic acid groups (broad SMARTS) is 1. The first-order valence-electron chi connectivity index (χ1n) is 10.2. The van der Waals surface area contributed by atoms with Gasteiger partial charge in [-0.3, -0.25) is 9.52 Å². The Balaban J connectivity index is 1.90. The molecule has 1 atom stereocenters. The number of anilines is 2. The van der Waals surface area contributed by atoms with Gasteiger partial charge in [0.2, 0.25) is 0 Å². The van der Waals surface area contributed by atoms with Crippen LogP contribution in [-0.4, -0.2) is 57.3 Å². The third-order valence-corrected chi connectivity index (χ3v) is 6.74. The number of methoxy groups -OCH3 is 1. The van der Waals surface area contributed by atoms with Crippen molar-refractivity contribution in [2.45, 2.75) is 24.7 Å². The number of rotatable bonds is 8. The van der Waals surface area contributed by atoms with Crippen LogP contribution in [0.5, 0.6) is 5.75 Å². The number of nitrogens with zero attached hydrogens (tertiary/aromatic N) is 2. The standard InChI is InChI=1S/C21H24ClN3O7S/c1-3-32-21(28)13-5-4-8-25(12-13)19-16(20(26)27)10-15(11-23-19)24-33(29,30)18-9-14(22)6-7-17(18)31-2/h6-7,9-11,13,24H,3-5,8,12H2,1-2H3,(H,26,27). The number of benzene rings is 1. The molecule has 2 heterocycles. The van der Waals surface area contributed by atoms with E-state index in [9.17, 15) is 23.1 Å². The summed E-state index contributed by atoms with van der Waals surface area (Å²) < 4.78 is 38.3. The lowest BCUT2D eigenvalue weighted by Gasteiger charge is -2.33. The van der Waals surface area contributed by atoms with Gasteiger partial charge in [-0.2, -0.15) is 0 Å². The number of halogens is 1. The fourth-order valence-electron chi connectivity index (χ4n) is 3.62. The number of hydrogen-bond acceptors (Lipinski definition) is 8. The van der Waals surface area contributed by atoms with Crippen LogP contribution < -0.4 is 14.4 Å². The molecule has 0 spiro atoms. The highest BCUT2D eigenvalue weighted by Gasteiger charge is 2.30. The molecule has 0 amide bonds. The number of piperidine rings is 1. The topological polar surface area (TPSA) is 135 Å². The number of carbonyl (C=O) groups is 2. The first-order valence-corrected chi connectivity index (χ1v) is 12.0. The SMILES string of the molecule is CCOC(=O)C1CCCN(c2ncc(NS(=O)(=O)c3cc(Cl)ccc3OC)cc2C(=O)O)C1. The van der Waals surface area contributed by atoms with Crippen molar-refractivity contribution in [1.82, 2.24) is 4.98 Å². The van der Waals surface area contributed by atoms with Crippen LogP contribution in [0.25, 0.3) is 0 Å². The van der Waals surface area contributed by atoms with Crippen molar-refractivity contribution in [2.24, 2.45) is 5.92 Å². The maximum absolute atomic E-state index is 12.9. The first-order chi connectivity index (χ1) is 15.7. The summed E-state index contributed by atoms with van der Waals surface area (Å²) >= 11 is 5.93. The molecular formula is C21H24ClN3O7S. The normalized spacial score (nSPS) is 16.2.